The van der Waals surface area contributed by atoms with Crippen LogP contribution in [0.25, 0.3) is 0 Å². The summed E-state index contributed by atoms with van der Waals surface area (Å²) in [4.78, 5) is 0. The first kappa shape index (κ1) is 17.9. The van der Waals surface area contributed by atoms with Gasteiger partial charge in [0.15, 0.2) is 14.1 Å². The molecular weight excluding hydrogens is 254 g/mol. The monoisotopic (exact) mass is 287 g/mol. The van der Waals surface area contributed by atoms with Crippen LogP contribution in [0, 0.1) is 0 Å². The molecule has 0 aliphatic rings. The van der Waals surface area contributed by atoms with Gasteiger partial charge in [0.25, 0.3) is 0 Å². The average Bonchev–Trinajstić information content (AvgIpc) is 2.12. The molecule has 0 fully saturated rings. The number of unbranched alkanes of at least 4 members (excludes halogenated alkanes) is 4. The van der Waals surface area contributed by atoms with Gasteiger partial charge in [0.1, 0.15) is 0 Å². The predicted octanol–water partition coefficient (Wildman–Crippen LogP) is 5.43. The van der Waals surface area contributed by atoms with Gasteiger partial charge in [0.05, 0.1) is 0 Å². The first-order valence-electron chi connectivity index (χ1n) is 7.42. The SMILES string of the molecule is CCCCCCC[Si](C)(C)OC(C)=N[Si](C)(C)C. The molecule has 0 saturated heterocycles. The Labute approximate surface area is 116 Å². The largest absolute Gasteiger partial charge is 0.535 e. The van der Waals surface area contributed by atoms with Crippen LogP contribution >= 0.6 is 0 Å². The van der Waals surface area contributed by atoms with Crippen LogP contribution in [0.1, 0.15) is 46.0 Å². The highest BCUT2D eigenvalue weighted by Gasteiger charge is 2.25. The fourth-order valence-electron chi connectivity index (χ4n) is 2.10. The zero-order valence-corrected chi connectivity index (χ0v) is 15.6. The minimum Gasteiger partial charge on any atom is -0.535 e. The number of hydrogen-bond acceptors (Lipinski definition) is 2. The van der Waals surface area contributed by atoms with Gasteiger partial charge in [-0.25, -0.2) is 0 Å². The maximum absolute atomic E-state index is 6.14. The van der Waals surface area contributed by atoms with Gasteiger partial charge in [-0.3, -0.25) is 4.66 Å². The minimum absolute atomic E-state index is 0.930. The molecule has 108 valence electrons. The van der Waals surface area contributed by atoms with Crippen molar-refractivity contribution in [3.8, 4) is 0 Å². The number of hydrogen-bond donors (Lipinski definition) is 0. The van der Waals surface area contributed by atoms with E-state index in [1.807, 2.05) is 6.92 Å². The van der Waals surface area contributed by atoms with Crippen molar-refractivity contribution in [3.05, 3.63) is 0 Å². The second kappa shape index (κ2) is 8.15. The Kier molecular flexibility index (Phi) is 8.11. The van der Waals surface area contributed by atoms with Gasteiger partial charge in [0.2, 0.25) is 8.32 Å². The van der Waals surface area contributed by atoms with E-state index < -0.39 is 16.6 Å². The topological polar surface area (TPSA) is 21.6 Å². The molecule has 0 atom stereocenters. The summed E-state index contributed by atoms with van der Waals surface area (Å²) in [7, 11) is -2.92. The molecule has 0 amide bonds. The third-order valence-electron chi connectivity index (χ3n) is 2.80. The fourth-order valence-corrected chi connectivity index (χ4v) is 5.23. The molecule has 18 heavy (non-hydrogen) atoms. The molecule has 0 heterocycles. The molecule has 2 nitrogen and oxygen atoms in total. The van der Waals surface area contributed by atoms with Gasteiger partial charge >= 0.3 is 0 Å². The van der Waals surface area contributed by atoms with Crippen molar-refractivity contribution in [2.45, 2.75) is 84.7 Å². The lowest BCUT2D eigenvalue weighted by molar-refractivity contribution is 0.529. The Bertz CT molecular complexity index is 257. The molecular formula is C14H33NOSi2. The zero-order chi connectivity index (χ0) is 14.2. The van der Waals surface area contributed by atoms with E-state index in [1.165, 1.54) is 38.1 Å². The van der Waals surface area contributed by atoms with Crippen molar-refractivity contribution in [2.24, 2.45) is 4.66 Å². The summed E-state index contributed by atoms with van der Waals surface area (Å²) < 4.78 is 10.9. The highest BCUT2D eigenvalue weighted by Crippen LogP contribution is 2.18. The molecule has 0 spiro atoms. The van der Waals surface area contributed by atoms with Crippen molar-refractivity contribution >= 4 is 22.5 Å². The molecule has 0 unspecified atom stereocenters. The van der Waals surface area contributed by atoms with Crippen molar-refractivity contribution < 1.29 is 4.43 Å². The summed E-state index contributed by atoms with van der Waals surface area (Å²) in [6, 6.07) is 1.26. The smallest absolute Gasteiger partial charge is 0.246 e. The third kappa shape index (κ3) is 11.0. The van der Waals surface area contributed by atoms with E-state index in [0.29, 0.717) is 0 Å². The predicted molar refractivity (Wildman–Crippen MR) is 88.6 cm³/mol. The van der Waals surface area contributed by atoms with Crippen LogP contribution < -0.4 is 0 Å². The van der Waals surface area contributed by atoms with E-state index in [4.69, 9.17) is 9.08 Å². The van der Waals surface area contributed by atoms with Gasteiger partial charge in [-0.05, 0) is 38.8 Å². The van der Waals surface area contributed by atoms with Crippen LogP contribution in [0.4, 0.5) is 0 Å². The first-order chi connectivity index (χ1) is 8.16. The summed E-state index contributed by atoms with van der Waals surface area (Å²) in [5.41, 5.74) is 0. The Morgan fingerprint density at radius 3 is 2.00 bits per heavy atom. The summed E-state index contributed by atoms with van der Waals surface area (Å²) in [6.07, 6.45) is 6.75. The lowest BCUT2D eigenvalue weighted by Gasteiger charge is -2.25. The van der Waals surface area contributed by atoms with Crippen LogP contribution in [-0.2, 0) is 4.43 Å². The van der Waals surface area contributed by atoms with E-state index in [9.17, 15) is 0 Å². The summed E-state index contributed by atoms with van der Waals surface area (Å²) in [5.74, 6) is 0.930. The molecule has 0 aromatic carbocycles. The van der Waals surface area contributed by atoms with E-state index in [-0.39, 0.29) is 0 Å². The van der Waals surface area contributed by atoms with Crippen LogP contribution in [0.5, 0.6) is 0 Å². The molecule has 0 saturated carbocycles. The summed E-state index contributed by atoms with van der Waals surface area (Å²) >= 11 is 0. The van der Waals surface area contributed by atoms with Crippen molar-refractivity contribution in [1.29, 1.82) is 0 Å². The average molecular weight is 288 g/mol. The number of rotatable bonds is 8. The minimum atomic E-state index is -1.53. The molecule has 0 aliphatic heterocycles. The Balaban J connectivity index is 4.03. The van der Waals surface area contributed by atoms with Gasteiger partial charge in [-0.15, -0.1) is 0 Å². The Morgan fingerprint density at radius 2 is 1.50 bits per heavy atom. The molecule has 0 aromatic heterocycles. The molecule has 0 bridgehead atoms. The first-order valence-corrected chi connectivity index (χ1v) is 14.0. The van der Waals surface area contributed by atoms with Crippen LogP contribution in [0.3, 0.4) is 0 Å². The van der Waals surface area contributed by atoms with E-state index in [0.717, 1.165) is 5.90 Å². The zero-order valence-electron chi connectivity index (χ0n) is 13.6. The highest BCUT2D eigenvalue weighted by molar-refractivity contribution is 6.76. The molecule has 0 rings (SSSR count). The van der Waals surface area contributed by atoms with Crippen LogP contribution in [-0.4, -0.2) is 22.5 Å². The lowest BCUT2D eigenvalue weighted by atomic mass is 10.2. The van der Waals surface area contributed by atoms with Crippen molar-refractivity contribution in [1.82, 2.24) is 0 Å². The van der Waals surface area contributed by atoms with Crippen molar-refractivity contribution in [2.75, 3.05) is 0 Å². The van der Waals surface area contributed by atoms with Crippen LogP contribution in [0.15, 0.2) is 4.66 Å². The van der Waals surface area contributed by atoms with E-state index in [2.05, 4.69) is 39.7 Å². The molecule has 0 aliphatic carbocycles. The summed E-state index contributed by atoms with van der Waals surface area (Å²) in [5, 5.41) is 0. The van der Waals surface area contributed by atoms with Gasteiger partial charge in [-0.2, -0.15) is 0 Å². The van der Waals surface area contributed by atoms with Crippen molar-refractivity contribution in [3.63, 3.8) is 0 Å². The Hall–Kier alpha value is -0.0962. The van der Waals surface area contributed by atoms with Gasteiger partial charge in [0, 0.05) is 6.92 Å². The van der Waals surface area contributed by atoms with Crippen LogP contribution in [0.2, 0.25) is 38.8 Å². The highest BCUT2D eigenvalue weighted by atomic mass is 28.4. The van der Waals surface area contributed by atoms with E-state index >= 15 is 0 Å². The summed E-state index contributed by atoms with van der Waals surface area (Å²) in [6.45, 7) is 15.7. The maximum atomic E-state index is 6.14. The third-order valence-corrected chi connectivity index (χ3v) is 6.19. The number of nitrogens with zero attached hydrogens (tertiary/aromatic N) is 1. The lowest BCUT2D eigenvalue weighted by Crippen LogP contribution is -2.33. The molecule has 0 aromatic rings. The normalized spacial score (nSPS) is 13.8. The van der Waals surface area contributed by atoms with E-state index in [1.54, 1.807) is 0 Å². The van der Waals surface area contributed by atoms with Gasteiger partial charge in [-0.1, -0.05) is 39.0 Å². The fraction of sp³-hybridized carbons (Fsp3) is 0.929. The Morgan fingerprint density at radius 1 is 0.944 bits per heavy atom. The second-order valence-corrected chi connectivity index (χ2v) is 15.6. The van der Waals surface area contributed by atoms with Gasteiger partial charge < -0.3 is 4.43 Å². The molecule has 0 N–H and O–H groups in total. The maximum Gasteiger partial charge on any atom is 0.246 e. The molecule has 0 radical (unpaired) electrons. The second-order valence-electron chi connectivity index (χ2n) is 6.83. The quantitative estimate of drug-likeness (QED) is 0.252. The molecule has 4 heteroatoms. The standard InChI is InChI=1S/C14H33NOSi2/c1-8-9-10-11-12-13-18(6,7)16-14(2)15-17(3,4)5/h8-13H2,1-7H3.